The first-order valence-electron chi connectivity index (χ1n) is 8.57. The zero-order chi connectivity index (χ0) is 20.6. The van der Waals surface area contributed by atoms with Gasteiger partial charge in [-0.1, -0.05) is 29.0 Å². The van der Waals surface area contributed by atoms with Gasteiger partial charge in [-0.25, -0.2) is 12.7 Å². The lowest BCUT2D eigenvalue weighted by Crippen LogP contribution is -2.22. The zero-order valence-corrected chi connectivity index (χ0v) is 18.3. The number of aryl methyl sites for hydroxylation is 2. The number of fused-ring (bicyclic) bond motifs is 1. The van der Waals surface area contributed by atoms with E-state index in [4.69, 9.17) is 11.6 Å². The minimum Gasteiger partial charge on any atom is -0.316 e. The maximum atomic E-state index is 12.7. The Morgan fingerprint density at radius 1 is 1.18 bits per heavy atom. The number of hydrogen-bond acceptors (Lipinski definition) is 4. The Morgan fingerprint density at radius 2 is 1.82 bits per heavy atom. The first-order chi connectivity index (χ1) is 13.2. The lowest BCUT2D eigenvalue weighted by Gasteiger charge is -2.11. The standard InChI is InChI=1S/C19H20ClN3O3S2/c1-5-23-16-12(2)6-11-15(20)17(16)27-19(23)21-18(24)13-7-9-14(10-8-13)28(25,26)22(3)4/h6-11H,5H2,1-4H3. The highest BCUT2D eigenvalue weighted by atomic mass is 35.5. The van der Waals surface area contributed by atoms with Crippen LogP contribution in [0.4, 0.5) is 0 Å². The number of benzene rings is 2. The van der Waals surface area contributed by atoms with Crippen LogP contribution < -0.4 is 4.80 Å². The normalized spacial score (nSPS) is 12.9. The highest BCUT2D eigenvalue weighted by Crippen LogP contribution is 2.28. The molecule has 0 aliphatic carbocycles. The number of rotatable bonds is 4. The van der Waals surface area contributed by atoms with Crippen LogP contribution in [0.2, 0.25) is 5.02 Å². The number of halogens is 1. The molecule has 0 fully saturated rings. The Hall–Kier alpha value is -2.00. The summed E-state index contributed by atoms with van der Waals surface area (Å²) in [6, 6.07) is 9.56. The summed E-state index contributed by atoms with van der Waals surface area (Å²) in [4.78, 5) is 17.6. The molecule has 1 amide bonds. The molecule has 28 heavy (non-hydrogen) atoms. The molecular weight excluding hydrogens is 418 g/mol. The largest absolute Gasteiger partial charge is 0.316 e. The van der Waals surface area contributed by atoms with Gasteiger partial charge in [0.2, 0.25) is 10.0 Å². The number of aromatic nitrogens is 1. The molecule has 0 unspecified atom stereocenters. The molecule has 0 saturated carbocycles. The predicted octanol–water partition coefficient (Wildman–Crippen LogP) is 3.68. The number of carbonyl (C=O) groups excluding carboxylic acids is 1. The number of thiazole rings is 1. The van der Waals surface area contributed by atoms with E-state index in [0.29, 0.717) is 21.9 Å². The predicted molar refractivity (Wildman–Crippen MR) is 112 cm³/mol. The third-order valence-corrected chi connectivity index (χ3v) is 7.74. The lowest BCUT2D eigenvalue weighted by molar-refractivity contribution is 0.0997. The van der Waals surface area contributed by atoms with Gasteiger partial charge in [-0.3, -0.25) is 4.79 Å². The van der Waals surface area contributed by atoms with Crippen LogP contribution in [0.25, 0.3) is 10.2 Å². The van der Waals surface area contributed by atoms with E-state index < -0.39 is 15.9 Å². The Bertz CT molecular complexity index is 1220. The molecule has 1 aromatic heterocycles. The van der Waals surface area contributed by atoms with Gasteiger partial charge in [-0.15, -0.1) is 0 Å². The summed E-state index contributed by atoms with van der Waals surface area (Å²) in [5.41, 5.74) is 2.35. The molecule has 9 heteroatoms. The fourth-order valence-electron chi connectivity index (χ4n) is 2.83. The topological polar surface area (TPSA) is 71.7 Å². The molecule has 3 rings (SSSR count). The van der Waals surface area contributed by atoms with E-state index in [2.05, 4.69) is 4.99 Å². The monoisotopic (exact) mass is 437 g/mol. The van der Waals surface area contributed by atoms with Crippen molar-refractivity contribution < 1.29 is 13.2 Å². The Kier molecular flexibility index (Phi) is 5.77. The summed E-state index contributed by atoms with van der Waals surface area (Å²) in [6.07, 6.45) is 0. The second kappa shape index (κ2) is 7.79. The van der Waals surface area contributed by atoms with E-state index >= 15 is 0 Å². The second-order valence-corrected chi connectivity index (χ2v) is 9.94. The van der Waals surface area contributed by atoms with Crippen LogP contribution in [0, 0.1) is 6.92 Å². The van der Waals surface area contributed by atoms with Crippen molar-refractivity contribution in [1.82, 2.24) is 8.87 Å². The Labute approximate surface area is 172 Å². The number of hydrogen-bond donors (Lipinski definition) is 0. The summed E-state index contributed by atoms with van der Waals surface area (Å²) >= 11 is 7.68. The van der Waals surface area contributed by atoms with Crippen molar-refractivity contribution >= 4 is 49.1 Å². The molecule has 0 saturated heterocycles. The van der Waals surface area contributed by atoms with Gasteiger partial charge in [-0.05, 0) is 49.7 Å². The van der Waals surface area contributed by atoms with Crippen LogP contribution in [-0.2, 0) is 16.6 Å². The number of amides is 1. The van der Waals surface area contributed by atoms with E-state index in [0.717, 1.165) is 20.1 Å². The molecule has 0 aliphatic heterocycles. The lowest BCUT2D eigenvalue weighted by atomic mass is 10.2. The van der Waals surface area contributed by atoms with Gasteiger partial charge in [0.15, 0.2) is 4.80 Å². The first kappa shape index (κ1) is 20.7. The van der Waals surface area contributed by atoms with E-state index in [1.165, 1.54) is 49.7 Å². The minimum atomic E-state index is -3.54. The third-order valence-electron chi connectivity index (χ3n) is 4.37. The molecule has 0 spiro atoms. The molecule has 0 atom stereocenters. The average molecular weight is 438 g/mol. The van der Waals surface area contributed by atoms with E-state index in [1.54, 1.807) is 0 Å². The molecular formula is C19H20ClN3O3S2. The molecule has 0 radical (unpaired) electrons. The van der Waals surface area contributed by atoms with E-state index in [-0.39, 0.29) is 4.90 Å². The van der Waals surface area contributed by atoms with Crippen LogP contribution >= 0.6 is 22.9 Å². The van der Waals surface area contributed by atoms with Gasteiger partial charge in [0.05, 0.1) is 20.1 Å². The van der Waals surface area contributed by atoms with Crippen molar-refractivity contribution in [2.75, 3.05) is 14.1 Å². The van der Waals surface area contributed by atoms with Gasteiger partial charge >= 0.3 is 0 Å². The molecule has 148 valence electrons. The summed E-state index contributed by atoms with van der Waals surface area (Å²) in [7, 11) is -0.621. The highest BCUT2D eigenvalue weighted by Gasteiger charge is 2.18. The fraction of sp³-hybridized carbons (Fsp3) is 0.263. The van der Waals surface area contributed by atoms with Crippen molar-refractivity contribution in [2.45, 2.75) is 25.3 Å². The van der Waals surface area contributed by atoms with E-state index in [9.17, 15) is 13.2 Å². The maximum Gasteiger partial charge on any atom is 0.279 e. The van der Waals surface area contributed by atoms with Crippen molar-refractivity contribution in [2.24, 2.45) is 4.99 Å². The summed E-state index contributed by atoms with van der Waals surface area (Å²) in [5.74, 6) is -0.434. The van der Waals surface area contributed by atoms with Crippen molar-refractivity contribution in [3.63, 3.8) is 0 Å². The smallest absolute Gasteiger partial charge is 0.279 e. The van der Waals surface area contributed by atoms with Gasteiger partial charge in [0.25, 0.3) is 5.91 Å². The molecule has 0 bridgehead atoms. The molecule has 6 nitrogen and oxygen atoms in total. The molecule has 2 aromatic carbocycles. The number of carbonyl (C=O) groups is 1. The number of nitrogens with zero attached hydrogens (tertiary/aromatic N) is 3. The average Bonchev–Trinajstić information content (AvgIpc) is 3.04. The molecule has 0 N–H and O–H groups in total. The van der Waals surface area contributed by atoms with Gasteiger partial charge < -0.3 is 4.57 Å². The number of sulfonamides is 1. The van der Waals surface area contributed by atoms with Gasteiger partial charge in [-0.2, -0.15) is 4.99 Å². The highest BCUT2D eigenvalue weighted by molar-refractivity contribution is 7.89. The molecule has 0 aliphatic rings. The molecule has 3 aromatic rings. The summed E-state index contributed by atoms with van der Waals surface area (Å²) in [6.45, 7) is 4.62. The fourth-order valence-corrected chi connectivity index (χ4v) is 5.17. The van der Waals surface area contributed by atoms with Crippen LogP contribution in [-0.4, -0.2) is 37.3 Å². The first-order valence-corrected chi connectivity index (χ1v) is 11.2. The van der Waals surface area contributed by atoms with Crippen molar-refractivity contribution in [3.8, 4) is 0 Å². The second-order valence-electron chi connectivity index (χ2n) is 6.40. The van der Waals surface area contributed by atoms with Gasteiger partial charge in [0.1, 0.15) is 0 Å². The van der Waals surface area contributed by atoms with Crippen molar-refractivity contribution in [1.29, 1.82) is 0 Å². The maximum absolute atomic E-state index is 12.7. The third kappa shape index (κ3) is 3.65. The Morgan fingerprint density at radius 3 is 2.39 bits per heavy atom. The SMILES string of the molecule is CCn1c(=NC(=O)c2ccc(S(=O)(=O)N(C)C)cc2)sc2c(Cl)ccc(C)c21. The van der Waals surface area contributed by atoms with Gasteiger partial charge in [0, 0.05) is 26.2 Å². The van der Waals surface area contributed by atoms with Crippen LogP contribution in [0.1, 0.15) is 22.8 Å². The van der Waals surface area contributed by atoms with Crippen LogP contribution in [0.3, 0.4) is 0 Å². The molecule has 1 heterocycles. The van der Waals surface area contributed by atoms with Crippen LogP contribution in [0.5, 0.6) is 0 Å². The minimum absolute atomic E-state index is 0.127. The van der Waals surface area contributed by atoms with E-state index in [1.807, 2.05) is 30.5 Å². The Balaban J connectivity index is 2.06. The quantitative estimate of drug-likeness (QED) is 0.625. The summed E-state index contributed by atoms with van der Waals surface area (Å²) in [5, 5.41) is 0.625. The zero-order valence-electron chi connectivity index (χ0n) is 15.9. The van der Waals surface area contributed by atoms with Crippen LogP contribution in [0.15, 0.2) is 46.3 Å². The summed E-state index contributed by atoms with van der Waals surface area (Å²) < 4.78 is 28.3. The van der Waals surface area contributed by atoms with Crippen molar-refractivity contribution in [3.05, 3.63) is 57.3 Å².